The molecular formula is C19H24N2O4S. The van der Waals surface area contributed by atoms with Crippen LogP contribution in [0.4, 0.5) is 5.69 Å². The number of benzene rings is 2. The lowest BCUT2D eigenvalue weighted by Crippen LogP contribution is -2.30. The number of carbonyl (C=O) groups is 1. The summed E-state index contributed by atoms with van der Waals surface area (Å²) in [5, 5.41) is 2.76. The van der Waals surface area contributed by atoms with Crippen LogP contribution in [0.25, 0.3) is 0 Å². The number of carbonyl (C=O) groups excluding carboxylic acids is 1. The number of rotatable bonds is 7. The van der Waals surface area contributed by atoms with Crippen molar-refractivity contribution in [1.82, 2.24) is 4.72 Å². The standard InChI is InChI=1S/C19H24N2O4S/c1-13(2)21-26(23,24)17-8-9-18(15(4)11-17)25-12-19(22)20-16-7-5-6-14(3)10-16/h5-11,13,21H,12H2,1-4H3,(H,20,22). The summed E-state index contributed by atoms with van der Waals surface area (Å²) in [5.74, 6) is 0.182. The van der Waals surface area contributed by atoms with Crippen LogP contribution < -0.4 is 14.8 Å². The molecule has 0 heterocycles. The van der Waals surface area contributed by atoms with E-state index in [0.717, 1.165) is 5.56 Å². The first-order valence-electron chi connectivity index (χ1n) is 8.29. The summed E-state index contributed by atoms with van der Waals surface area (Å²) in [6.07, 6.45) is 0. The normalized spacial score (nSPS) is 11.4. The fourth-order valence-corrected chi connectivity index (χ4v) is 3.73. The van der Waals surface area contributed by atoms with Gasteiger partial charge in [0.1, 0.15) is 5.75 Å². The molecule has 1 amide bonds. The van der Waals surface area contributed by atoms with E-state index in [9.17, 15) is 13.2 Å². The molecule has 26 heavy (non-hydrogen) atoms. The zero-order chi connectivity index (χ0) is 19.3. The van der Waals surface area contributed by atoms with Crippen LogP contribution in [0, 0.1) is 13.8 Å². The van der Waals surface area contributed by atoms with Crippen LogP contribution in [-0.2, 0) is 14.8 Å². The summed E-state index contributed by atoms with van der Waals surface area (Å²) >= 11 is 0. The van der Waals surface area contributed by atoms with E-state index in [4.69, 9.17) is 4.74 Å². The third-order valence-electron chi connectivity index (χ3n) is 3.51. The van der Waals surface area contributed by atoms with E-state index in [2.05, 4.69) is 10.0 Å². The topological polar surface area (TPSA) is 84.5 Å². The summed E-state index contributed by atoms with van der Waals surface area (Å²) in [4.78, 5) is 12.2. The van der Waals surface area contributed by atoms with Crippen LogP contribution in [-0.4, -0.2) is 27.0 Å². The van der Waals surface area contributed by atoms with Gasteiger partial charge >= 0.3 is 0 Å². The number of sulfonamides is 1. The molecular weight excluding hydrogens is 352 g/mol. The Morgan fingerprint density at radius 1 is 1.12 bits per heavy atom. The summed E-state index contributed by atoms with van der Waals surface area (Å²) in [7, 11) is -3.56. The van der Waals surface area contributed by atoms with Crippen LogP contribution in [0.1, 0.15) is 25.0 Å². The molecule has 2 N–H and O–H groups in total. The van der Waals surface area contributed by atoms with Gasteiger partial charge in [0, 0.05) is 11.7 Å². The molecule has 0 aliphatic heterocycles. The van der Waals surface area contributed by atoms with Crippen LogP contribution in [0.15, 0.2) is 47.4 Å². The largest absolute Gasteiger partial charge is 0.483 e. The number of hydrogen-bond acceptors (Lipinski definition) is 4. The highest BCUT2D eigenvalue weighted by molar-refractivity contribution is 7.89. The van der Waals surface area contributed by atoms with Gasteiger partial charge in [0.05, 0.1) is 4.90 Å². The van der Waals surface area contributed by atoms with Gasteiger partial charge in [-0.05, 0) is 69.2 Å². The summed E-state index contributed by atoms with van der Waals surface area (Å²) in [5.41, 5.74) is 2.39. The molecule has 2 rings (SSSR count). The molecule has 7 heteroatoms. The number of ether oxygens (including phenoxy) is 1. The lowest BCUT2D eigenvalue weighted by atomic mass is 10.2. The molecule has 0 saturated heterocycles. The smallest absolute Gasteiger partial charge is 0.262 e. The number of anilines is 1. The molecule has 6 nitrogen and oxygen atoms in total. The number of aryl methyl sites for hydroxylation is 2. The molecule has 0 aliphatic rings. The van der Waals surface area contributed by atoms with E-state index < -0.39 is 10.0 Å². The first-order chi connectivity index (χ1) is 12.2. The number of amides is 1. The highest BCUT2D eigenvalue weighted by atomic mass is 32.2. The Kier molecular flexibility index (Phi) is 6.39. The number of hydrogen-bond donors (Lipinski definition) is 2. The van der Waals surface area contributed by atoms with Crippen LogP contribution in [0.3, 0.4) is 0 Å². The van der Waals surface area contributed by atoms with Gasteiger partial charge in [-0.25, -0.2) is 13.1 Å². The Bertz CT molecular complexity index is 892. The Morgan fingerprint density at radius 3 is 2.46 bits per heavy atom. The van der Waals surface area contributed by atoms with Crippen LogP contribution in [0.5, 0.6) is 5.75 Å². The molecule has 0 radical (unpaired) electrons. The molecule has 0 saturated carbocycles. The van der Waals surface area contributed by atoms with Gasteiger partial charge in [-0.1, -0.05) is 12.1 Å². The second-order valence-electron chi connectivity index (χ2n) is 6.41. The molecule has 0 aromatic heterocycles. The minimum atomic E-state index is -3.56. The first kappa shape index (κ1) is 19.9. The highest BCUT2D eigenvalue weighted by Gasteiger charge is 2.16. The van der Waals surface area contributed by atoms with Crippen molar-refractivity contribution in [2.24, 2.45) is 0 Å². The first-order valence-corrected chi connectivity index (χ1v) is 9.78. The van der Waals surface area contributed by atoms with Crippen molar-refractivity contribution in [3.05, 3.63) is 53.6 Å². The zero-order valence-corrected chi connectivity index (χ0v) is 16.2. The quantitative estimate of drug-likeness (QED) is 0.778. The van der Waals surface area contributed by atoms with Gasteiger partial charge in [0.25, 0.3) is 5.91 Å². The molecule has 0 atom stereocenters. The molecule has 0 aliphatic carbocycles. The van der Waals surface area contributed by atoms with Crippen molar-refractivity contribution in [3.63, 3.8) is 0 Å². The Morgan fingerprint density at radius 2 is 1.85 bits per heavy atom. The van der Waals surface area contributed by atoms with Crippen LogP contribution >= 0.6 is 0 Å². The minimum Gasteiger partial charge on any atom is -0.483 e. The van der Waals surface area contributed by atoms with Gasteiger partial charge < -0.3 is 10.1 Å². The Balaban J connectivity index is 2.01. The average Bonchev–Trinajstić information content (AvgIpc) is 2.52. The molecule has 2 aromatic carbocycles. The number of nitrogens with one attached hydrogen (secondary N) is 2. The van der Waals surface area contributed by atoms with E-state index in [-0.39, 0.29) is 23.5 Å². The highest BCUT2D eigenvalue weighted by Crippen LogP contribution is 2.22. The predicted octanol–water partition coefficient (Wildman–Crippen LogP) is 3.01. The Hall–Kier alpha value is -2.38. The molecule has 0 spiro atoms. The fraction of sp³-hybridized carbons (Fsp3) is 0.316. The van der Waals surface area contributed by atoms with Gasteiger partial charge in [0.2, 0.25) is 10.0 Å². The second kappa shape index (κ2) is 8.33. The van der Waals surface area contributed by atoms with E-state index in [0.29, 0.717) is 17.0 Å². The van der Waals surface area contributed by atoms with Crippen molar-refractivity contribution < 1.29 is 17.9 Å². The third kappa shape index (κ3) is 5.57. The van der Waals surface area contributed by atoms with E-state index in [1.54, 1.807) is 32.9 Å². The van der Waals surface area contributed by atoms with Crippen LogP contribution in [0.2, 0.25) is 0 Å². The van der Waals surface area contributed by atoms with Crippen molar-refractivity contribution in [2.75, 3.05) is 11.9 Å². The van der Waals surface area contributed by atoms with E-state index in [1.807, 2.05) is 25.1 Å². The molecule has 140 valence electrons. The SMILES string of the molecule is Cc1cccc(NC(=O)COc2ccc(S(=O)(=O)NC(C)C)cc2C)c1. The maximum absolute atomic E-state index is 12.2. The summed E-state index contributed by atoms with van der Waals surface area (Å²) in [6, 6.07) is 11.8. The maximum Gasteiger partial charge on any atom is 0.262 e. The third-order valence-corrected chi connectivity index (χ3v) is 5.16. The lowest BCUT2D eigenvalue weighted by Gasteiger charge is -2.13. The monoisotopic (exact) mass is 376 g/mol. The fourth-order valence-electron chi connectivity index (χ4n) is 2.39. The summed E-state index contributed by atoms with van der Waals surface area (Å²) < 4.78 is 32.4. The van der Waals surface area contributed by atoms with Gasteiger partial charge in [-0.2, -0.15) is 0 Å². The molecule has 0 unspecified atom stereocenters. The second-order valence-corrected chi connectivity index (χ2v) is 8.12. The van der Waals surface area contributed by atoms with Gasteiger partial charge in [-0.15, -0.1) is 0 Å². The van der Waals surface area contributed by atoms with Crippen molar-refractivity contribution >= 4 is 21.6 Å². The van der Waals surface area contributed by atoms with Crippen molar-refractivity contribution in [2.45, 2.75) is 38.6 Å². The molecule has 0 bridgehead atoms. The molecule has 2 aromatic rings. The summed E-state index contributed by atoms with van der Waals surface area (Å²) in [6.45, 7) is 7.04. The molecule has 0 fully saturated rings. The lowest BCUT2D eigenvalue weighted by molar-refractivity contribution is -0.118. The maximum atomic E-state index is 12.2. The minimum absolute atomic E-state index is 0.162. The van der Waals surface area contributed by atoms with E-state index >= 15 is 0 Å². The zero-order valence-electron chi connectivity index (χ0n) is 15.4. The Labute approximate surface area is 154 Å². The van der Waals surface area contributed by atoms with E-state index in [1.165, 1.54) is 12.1 Å². The van der Waals surface area contributed by atoms with Crippen molar-refractivity contribution in [1.29, 1.82) is 0 Å². The van der Waals surface area contributed by atoms with Gasteiger partial charge in [0.15, 0.2) is 6.61 Å². The average molecular weight is 376 g/mol. The van der Waals surface area contributed by atoms with Gasteiger partial charge in [-0.3, -0.25) is 4.79 Å². The predicted molar refractivity (Wildman–Crippen MR) is 102 cm³/mol. The van der Waals surface area contributed by atoms with Crippen molar-refractivity contribution in [3.8, 4) is 5.75 Å².